The molecule has 0 bridgehead atoms. The summed E-state index contributed by atoms with van der Waals surface area (Å²) in [7, 11) is -3.41. The van der Waals surface area contributed by atoms with Gasteiger partial charge >= 0.3 is 0 Å². The lowest BCUT2D eigenvalue weighted by Crippen LogP contribution is -2.34. The molecule has 13 heteroatoms. The first-order chi connectivity index (χ1) is 19.1. The SMILES string of the molecule is C[C@H](NC(=O)c1c(N)ncn2ccnc12)c1nc2cccc(C#CCNS(C)(=O)=O)c2c(=O)n1-c1ccccc1. The minimum Gasteiger partial charge on any atom is -0.383 e. The van der Waals surface area contributed by atoms with Crippen LogP contribution in [0.5, 0.6) is 0 Å². The van der Waals surface area contributed by atoms with E-state index in [1.165, 1.54) is 17.1 Å². The molecule has 0 aliphatic heterocycles. The highest BCUT2D eigenvalue weighted by Gasteiger charge is 2.24. The largest absolute Gasteiger partial charge is 0.383 e. The van der Waals surface area contributed by atoms with Crippen molar-refractivity contribution in [2.45, 2.75) is 13.0 Å². The van der Waals surface area contributed by atoms with Crippen LogP contribution in [-0.4, -0.2) is 51.0 Å². The Labute approximate surface area is 229 Å². The van der Waals surface area contributed by atoms with Crippen LogP contribution in [0.1, 0.15) is 34.7 Å². The van der Waals surface area contributed by atoms with Gasteiger partial charge in [-0.1, -0.05) is 36.1 Å². The summed E-state index contributed by atoms with van der Waals surface area (Å²) >= 11 is 0. The molecule has 0 aliphatic carbocycles. The molecule has 5 aromatic rings. The van der Waals surface area contributed by atoms with Gasteiger partial charge in [0.2, 0.25) is 10.0 Å². The number of amides is 1. The fraction of sp³-hybridized carbons (Fsp3) is 0.148. The molecule has 4 N–H and O–H groups in total. The van der Waals surface area contributed by atoms with Crippen molar-refractivity contribution in [3.63, 3.8) is 0 Å². The Hall–Kier alpha value is -5.06. The molecule has 0 radical (unpaired) electrons. The van der Waals surface area contributed by atoms with E-state index in [0.717, 1.165) is 6.26 Å². The van der Waals surface area contributed by atoms with Crippen LogP contribution in [0.4, 0.5) is 5.82 Å². The molecule has 0 saturated heterocycles. The molecule has 40 heavy (non-hydrogen) atoms. The van der Waals surface area contributed by atoms with Crippen molar-refractivity contribution in [3.8, 4) is 17.5 Å². The van der Waals surface area contributed by atoms with Gasteiger partial charge in [0.15, 0.2) is 5.65 Å². The molecule has 0 aliphatic rings. The maximum absolute atomic E-state index is 14.0. The molecule has 0 saturated carbocycles. The number of nitrogens with zero attached hydrogens (tertiary/aromatic N) is 5. The number of anilines is 1. The molecule has 202 valence electrons. The Balaban J connectivity index is 1.61. The number of imidazole rings is 1. The number of nitrogens with two attached hydrogens (primary N) is 1. The molecule has 0 fully saturated rings. The topological polar surface area (TPSA) is 166 Å². The van der Waals surface area contributed by atoms with Gasteiger partial charge in [-0.25, -0.2) is 28.1 Å². The fourth-order valence-corrected chi connectivity index (χ4v) is 4.56. The van der Waals surface area contributed by atoms with Crippen LogP contribution in [0.15, 0.2) is 72.0 Å². The number of fused-ring (bicyclic) bond motifs is 2. The number of sulfonamides is 1. The van der Waals surface area contributed by atoms with Gasteiger partial charge in [0.05, 0.1) is 35.4 Å². The minimum atomic E-state index is -3.41. The number of hydrogen-bond acceptors (Lipinski definition) is 8. The first-order valence-corrected chi connectivity index (χ1v) is 14.0. The maximum atomic E-state index is 14.0. The van der Waals surface area contributed by atoms with Crippen LogP contribution in [0.25, 0.3) is 22.2 Å². The van der Waals surface area contributed by atoms with E-state index in [1.54, 1.807) is 60.0 Å². The lowest BCUT2D eigenvalue weighted by Gasteiger charge is -2.20. The third-order valence-corrected chi connectivity index (χ3v) is 6.68. The van der Waals surface area contributed by atoms with Crippen molar-refractivity contribution >= 4 is 38.3 Å². The van der Waals surface area contributed by atoms with Crippen molar-refractivity contribution in [1.29, 1.82) is 0 Å². The average Bonchev–Trinajstić information content (AvgIpc) is 3.39. The van der Waals surface area contributed by atoms with Crippen molar-refractivity contribution < 1.29 is 13.2 Å². The lowest BCUT2D eigenvalue weighted by molar-refractivity contribution is 0.0939. The number of aromatic nitrogens is 5. The number of carbonyl (C=O) groups excluding carboxylic acids is 1. The Bertz CT molecular complexity index is 1990. The molecule has 0 unspecified atom stereocenters. The summed E-state index contributed by atoms with van der Waals surface area (Å²) in [5.41, 5.74) is 7.37. The molecule has 12 nitrogen and oxygen atoms in total. The molecular weight excluding hydrogens is 532 g/mol. The van der Waals surface area contributed by atoms with Crippen LogP contribution in [0, 0.1) is 11.8 Å². The van der Waals surface area contributed by atoms with Crippen molar-refractivity contribution in [1.82, 2.24) is 34.0 Å². The van der Waals surface area contributed by atoms with Gasteiger partial charge in [-0.05, 0) is 31.2 Å². The predicted molar refractivity (Wildman–Crippen MR) is 150 cm³/mol. The number of nitrogens with one attached hydrogen (secondary N) is 2. The zero-order chi connectivity index (χ0) is 28.4. The summed E-state index contributed by atoms with van der Waals surface area (Å²) in [4.78, 5) is 40.4. The van der Waals surface area contributed by atoms with E-state index >= 15 is 0 Å². The number of benzene rings is 2. The first-order valence-electron chi connectivity index (χ1n) is 12.1. The first kappa shape index (κ1) is 26.5. The number of para-hydroxylation sites is 1. The second-order valence-electron chi connectivity index (χ2n) is 8.90. The Morgan fingerprint density at radius 3 is 2.65 bits per heavy atom. The molecule has 3 heterocycles. The van der Waals surface area contributed by atoms with Gasteiger partial charge in [-0.2, -0.15) is 0 Å². The number of hydrogen-bond donors (Lipinski definition) is 3. The summed E-state index contributed by atoms with van der Waals surface area (Å²) < 4.78 is 28.0. The summed E-state index contributed by atoms with van der Waals surface area (Å²) in [5, 5.41) is 3.14. The van der Waals surface area contributed by atoms with Gasteiger partial charge in [0.25, 0.3) is 11.5 Å². The molecule has 3 aromatic heterocycles. The second kappa shape index (κ2) is 10.6. The molecule has 5 rings (SSSR count). The Morgan fingerprint density at radius 2 is 1.90 bits per heavy atom. The summed E-state index contributed by atoms with van der Waals surface area (Å²) in [6.07, 6.45) is 5.69. The zero-order valence-electron chi connectivity index (χ0n) is 21.5. The molecule has 0 spiro atoms. The van der Waals surface area contributed by atoms with E-state index in [-0.39, 0.29) is 29.1 Å². The lowest BCUT2D eigenvalue weighted by atomic mass is 10.1. The second-order valence-corrected chi connectivity index (χ2v) is 10.7. The molecule has 1 amide bonds. The summed E-state index contributed by atoms with van der Waals surface area (Å²) in [6, 6.07) is 13.2. The maximum Gasteiger partial charge on any atom is 0.267 e. The highest BCUT2D eigenvalue weighted by molar-refractivity contribution is 7.88. The number of nitrogen functional groups attached to an aromatic ring is 1. The van der Waals surface area contributed by atoms with E-state index in [1.807, 2.05) is 6.07 Å². The van der Waals surface area contributed by atoms with Gasteiger partial charge in [0, 0.05) is 18.0 Å². The predicted octanol–water partition coefficient (Wildman–Crippen LogP) is 1.40. The third-order valence-electron chi connectivity index (χ3n) is 6.02. The molecular formula is C27H24N8O4S. The molecule has 1 atom stereocenters. The van der Waals surface area contributed by atoms with Crippen molar-refractivity contribution in [3.05, 3.63) is 94.6 Å². The minimum absolute atomic E-state index is 0.0175. The summed E-state index contributed by atoms with van der Waals surface area (Å²) in [5.74, 6) is 5.38. The van der Waals surface area contributed by atoms with E-state index in [2.05, 4.69) is 31.8 Å². The van der Waals surface area contributed by atoms with Crippen LogP contribution in [0.2, 0.25) is 0 Å². The van der Waals surface area contributed by atoms with E-state index in [0.29, 0.717) is 22.4 Å². The van der Waals surface area contributed by atoms with E-state index in [9.17, 15) is 18.0 Å². The average molecular weight is 557 g/mol. The zero-order valence-corrected chi connectivity index (χ0v) is 22.3. The highest BCUT2D eigenvalue weighted by Crippen LogP contribution is 2.22. The highest BCUT2D eigenvalue weighted by atomic mass is 32.2. The van der Waals surface area contributed by atoms with Gasteiger partial charge in [-0.15, -0.1) is 0 Å². The van der Waals surface area contributed by atoms with Crippen molar-refractivity contribution in [2.75, 3.05) is 18.5 Å². The Kier molecular flexibility index (Phi) is 7.03. The van der Waals surface area contributed by atoms with E-state index in [4.69, 9.17) is 10.7 Å². The standard InChI is InChI=1S/C27H24N8O4S/c1-17(32-26(36)22-23(28)30-16-34-15-14-29-25(22)34)24-33-20-12-6-8-18(9-7-13-31-40(2,38)39)21(20)27(37)35(24)19-10-4-3-5-11-19/h3-6,8,10-12,14-17,31H,13,28H2,1-2H3,(H,32,36)/t17-/m0/s1. The van der Waals surface area contributed by atoms with Crippen LogP contribution < -0.4 is 21.3 Å². The fourth-order valence-electron chi connectivity index (χ4n) is 4.23. The monoisotopic (exact) mass is 556 g/mol. The smallest absolute Gasteiger partial charge is 0.267 e. The van der Waals surface area contributed by atoms with Crippen molar-refractivity contribution in [2.24, 2.45) is 0 Å². The molecule has 2 aromatic carbocycles. The number of rotatable bonds is 6. The van der Waals surface area contributed by atoms with Crippen LogP contribution in [-0.2, 0) is 10.0 Å². The number of carbonyl (C=O) groups is 1. The quantitative estimate of drug-likeness (QED) is 0.264. The van der Waals surface area contributed by atoms with Gasteiger partial charge in [-0.3, -0.25) is 18.6 Å². The van der Waals surface area contributed by atoms with Crippen LogP contribution in [0.3, 0.4) is 0 Å². The normalized spacial score (nSPS) is 12.2. The van der Waals surface area contributed by atoms with Gasteiger partial charge < -0.3 is 11.1 Å². The summed E-state index contributed by atoms with van der Waals surface area (Å²) in [6.45, 7) is 1.60. The third kappa shape index (κ3) is 5.26. The Morgan fingerprint density at radius 1 is 1.12 bits per heavy atom. The van der Waals surface area contributed by atoms with Gasteiger partial charge in [0.1, 0.15) is 23.5 Å². The van der Waals surface area contributed by atoms with E-state index < -0.39 is 27.5 Å². The van der Waals surface area contributed by atoms with Crippen LogP contribution >= 0.6 is 0 Å².